The molecule has 108 valence electrons. The SMILES string of the molecule is N=C(NO)c1ccc(NC(=O)CN2CCOCC2)cn1. The zero-order valence-electron chi connectivity index (χ0n) is 10.9. The van der Waals surface area contributed by atoms with Crippen LogP contribution in [0.5, 0.6) is 0 Å². The lowest BCUT2D eigenvalue weighted by molar-refractivity contribution is -0.118. The van der Waals surface area contributed by atoms with E-state index < -0.39 is 0 Å². The normalized spacial score (nSPS) is 15.7. The molecule has 1 aliphatic rings. The van der Waals surface area contributed by atoms with E-state index in [9.17, 15) is 4.79 Å². The number of morpholine rings is 1. The molecular weight excluding hydrogens is 262 g/mol. The van der Waals surface area contributed by atoms with Gasteiger partial charge in [0.15, 0.2) is 5.84 Å². The van der Waals surface area contributed by atoms with E-state index in [2.05, 4.69) is 10.3 Å². The van der Waals surface area contributed by atoms with Crippen molar-refractivity contribution in [2.45, 2.75) is 0 Å². The third-order valence-electron chi connectivity index (χ3n) is 2.89. The number of hydrogen-bond acceptors (Lipinski definition) is 6. The number of hydrogen-bond donors (Lipinski definition) is 4. The third-order valence-corrected chi connectivity index (χ3v) is 2.89. The van der Waals surface area contributed by atoms with Crippen LogP contribution in [0.15, 0.2) is 18.3 Å². The number of anilines is 1. The maximum atomic E-state index is 11.8. The Labute approximate surface area is 116 Å². The molecule has 8 nitrogen and oxygen atoms in total. The molecule has 2 heterocycles. The van der Waals surface area contributed by atoms with Crippen LogP contribution in [0.1, 0.15) is 5.69 Å². The highest BCUT2D eigenvalue weighted by atomic mass is 16.5. The second-order valence-electron chi connectivity index (χ2n) is 4.36. The van der Waals surface area contributed by atoms with Crippen LogP contribution in [0.2, 0.25) is 0 Å². The molecule has 1 aromatic heterocycles. The Kier molecular flexibility index (Phi) is 4.99. The summed E-state index contributed by atoms with van der Waals surface area (Å²) < 4.78 is 5.22. The zero-order valence-corrected chi connectivity index (χ0v) is 10.9. The molecule has 0 aliphatic carbocycles. The van der Waals surface area contributed by atoms with Crippen molar-refractivity contribution in [2.24, 2.45) is 0 Å². The predicted octanol–water partition coefficient (Wildman–Crippen LogP) is -0.344. The van der Waals surface area contributed by atoms with Crippen LogP contribution >= 0.6 is 0 Å². The number of ether oxygens (including phenoxy) is 1. The lowest BCUT2D eigenvalue weighted by Gasteiger charge is -2.25. The molecule has 20 heavy (non-hydrogen) atoms. The minimum Gasteiger partial charge on any atom is -0.379 e. The Balaban J connectivity index is 1.85. The number of amidine groups is 1. The van der Waals surface area contributed by atoms with Gasteiger partial charge in [-0.05, 0) is 12.1 Å². The van der Waals surface area contributed by atoms with E-state index >= 15 is 0 Å². The number of carbonyl (C=O) groups is 1. The second-order valence-corrected chi connectivity index (χ2v) is 4.36. The standard InChI is InChI=1S/C12H17N5O3/c13-12(16-19)10-2-1-9(7-14-10)15-11(18)8-17-3-5-20-6-4-17/h1-2,7,19H,3-6,8H2,(H2,13,16)(H,15,18). The molecule has 0 spiro atoms. The first-order valence-electron chi connectivity index (χ1n) is 6.24. The number of aromatic nitrogens is 1. The summed E-state index contributed by atoms with van der Waals surface area (Å²) in [4.78, 5) is 17.8. The third kappa shape index (κ3) is 3.98. The molecular formula is C12H17N5O3. The first kappa shape index (κ1) is 14.4. The highest BCUT2D eigenvalue weighted by molar-refractivity contribution is 5.95. The van der Waals surface area contributed by atoms with Gasteiger partial charge >= 0.3 is 0 Å². The fraction of sp³-hybridized carbons (Fsp3) is 0.417. The van der Waals surface area contributed by atoms with Crippen LogP contribution in [0, 0.1) is 5.41 Å². The van der Waals surface area contributed by atoms with E-state index in [0.29, 0.717) is 31.1 Å². The number of nitrogens with zero attached hydrogens (tertiary/aromatic N) is 2. The van der Waals surface area contributed by atoms with Crippen molar-refractivity contribution in [1.82, 2.24) is 15.4 Å². The highest BCUT2D eigenvalue weighted by Gasteiger charge is 2.14. The van der Waals surface area contributed by atoms with E-state index in [1.54, 1.807) is 11.5 Å². The number of rotatable bonds is 4. The number of amides is 1. The maximum absolute atomic E-state index is 11.8. The lowest BCUT2D eigenvalue weighted by Crippen LogP contribution is -2.41. The Morgan fingerprint density at radius 3 is 2.80 bits per heavy atom. The molecule has 4 N–H and O–H groups in total. The monoisotopic (exact) mass is 279 g/mol. The number of pyridine rings is 1. The summed E-state index contributed by atoms with van der Waals surface area (Å²) >= 11 is 0. The average Bonchev–Trinajstić information content (AvgIpc) is 2.48. The van der Waals surface area contributed by atoms with Crippen molar-refractivity contribution in [3.8, 4) is 0 Å². The summed E-state index contributed by atoms with van der Waals surface area (Å²) in [5, 5.41) is 18.7. The predicted molar refractivity (Wildman–Crippen MR) is 71.9 cm³/mol. The van der Waals surface area contributed by atoms with Gasteiger partial charge in [-0.2, -0.15) is 0 Å². The van der Waals surface area contributed by atoms with E-state index in [0.717, 1.165) is 13.1 Å². The molecule has 1 fully saturated rings. The van der Waals surface area contributed by atoms with Crippen LogP contribution in [0.4, 0.5) is 5.69 Å². The molecule has 2 rings (SSSR count). The fourth-order valence-corrected chi connectivity index (χ4v) is 1.84. The molecule has 1 aliphatic heterocycles. The molecule has 0 radical (unpaired) electrons. The van der Waals surface area contributed by atoms with Crippen LogP contribution in [-0.2, 0) is 9.53 Å². The first-order valence-corrected chi connectivity index (χ1v) is 6.24. The van der Waals surface area contributed by atoms with Crippen molar-refractivity contribution in [3.05, 3.63) is 24.0 Å². The van der Waals surface area contributed by atoms with E-state index in [1.165, 1.54) is 12.3 Å². The van der Waals surface area contributed by atoms with E-state index in [1.807, 2.05) is 4.90 Å². The molecule has 8 heteroatoms. The Morgan fingerprint density at radius 1 is 1.45 bits per heavy atom. The Hall–Kier alpha value is -2.03. The quantitative estimate of drug-likeness (QED) is 0.341. The summed E-state index contributed by atoms with van der Waals surface area (Å²) in [6.45, 7) is 3.13. The van der Waals surface area contributed by atoms with Crippen LogP contribution in [-0.4, -0.2) is 59.7 Å². The van der Waals surface area contributed by atoms with Crippen molar-refractivity contribution in [3.63, 3.8) is 0 Å². The van der Waals surface area contributed by atoms with Gasteiger partial charge in [-0.15, -0.1) is 0 Å². The summed E-state index contributed by atoms with van der Waals surface area (Å²) in [7, 11) is 0. The van der Waals surface area contributed by atoms with Gasteiger partial charge < -0.3 is 10.1 Å². The van der Waals surface area contributed by atoms with Gasteiger partial charge in [-0.1, -0.05) is 0 Å². The molecule has 1 amide bonds. The van der Waals surface area contributed by atoms with Gasteiger partial charge in [0.05, 0.1) is 31.6 Å². The minimum atomic E-state index is -0.198. The van der Waals surface area contributed by atoms with Gasteiger partial charge in [-0.25, -0.2) is 0 Å². The maximum Gasteiger partial charge on any atom is 0.238 e. The lowest BCUT2D eigenvalue weighted by atomic mass is 10.3. The topological polar surface area (TPSA) is 111 Å². The number of carbonyl (C=O) groups excluding carboxylic acids is 1. The molecule has 0 atom stereocenters. The van der Waals surface area contributed by atoms with Crippen molar-refractivity contribution >= 4 is 17.4 Å². The van der Waals surface area contributed by atoms with Crippen molar-refractivity contribution in [2.75, 3.05) is 38.2 Å². The minimum absolute atomic E-state index is 0.114. The second kappa shape index (κ2) is 6.94. The van der Waals surface area contributed by atoms with E-state index in [-0.39, 0.29) is 11.7 Å². The zero-order chi connectivity index (χ0) is 14.4. The largest absolute Gasteiger partial charge is 0.379 e. The molecule has 0 bridgehead atoms. The molecule has 0 saturated carbocycles. The summed E-state index contributed by atoms with van der Waals surface area (Å²) in [5.41, 5.74) is 2.55. The van der Waals surface area contributed by atoms with Gasteiger partial charge in [0.1, 0.15) is 5.69 Å². The highest BCUT2D eigenvalue weighted by Crippen LogP contribution is 2.06. The summed E-state index contributed by atoms with van der Waals surface area (Å²) in [6, 6.07) is 3.17. The average molecular weight is 279 g/mol. The van der Waals surface area contributed by atoms with E-state index in [4.69, 9.17) is 15.4 Å². The van der Waals surface area contributed by atoms with Crippen molar-refractivity contribution < 1.29 is 14.7 Å². The van der Waals surface area contributed by atoms with Crippen LogP contribution < -0.4 is 10.8 Å². The molecule has 0 aromatic carbocycles. The molecule has 1 saturated heterocycles. The van der Waals surface area contributed by atoms with Gasteiger partial charge in [0.25, 0.3) is 0 Å². The Morgan fingerprint density at radius 2 is 2.20 bits per heavy atom. The Bertz CT molecular complexity index is 470. The van der Waals surface area contributed by atoms with Crippen LogP contribution in [0.3, 0.4) is 0 Å². The van der Waals surface area contributed by atoms with Crippen LogP contribution in [0.25, 0.3) is 0 Å². The smallest absolute Gasteiger partial charge is 0.238 e. The first-order chi connectivity index (χ1) is 9.69. The van der Waals surface area contributed by atoms with Gasteiger partial charge in [-0.3, -0.25) is 30.8 Å². The summed E-state index contributed by atoms with van der Waals surface area (Å²) in [5.74, 6) is -0.312. The van der Waals surface area contributed by atoms with Gasteiger partial charge in [0, 0.05) is 13.1 Å². The van der Waals surface area contributed by atoms with Crippen molar-refractivity contribution in [1.29, 1.82) is 5.41 Å². The summed E-state index contributed by atoms with van der Waals surface area (Å²) in [6.07, 6.45) is 1.44. The molecule has 1 aromatic rings. The number of nitrogens with one attached hydrogen (secondary N) is 3. The fourth-order valence-electron chi connectivity index (χ4n) is 1.84. The molecule has 0 unspecified atom stereocenters. The number of hydroxylamine groups is 1. The van der Waals surface area contributed by atoms with Gasteiger partial charge in [0.2, 0.25) is 5.91 Å².